The van der Waals surface area contributed by atoms with Gasteiger partial charge < -0.3 is 20.1 Å². The second-order valence-corrected chi connectivity index (χ2v) is 4.62. The minimum absolute atomic E-state index is 0.0454. The van der Waals surface area contributed by atoms with Crippen molar-refractivity contribution in [2.75, 3.05) is 0 Å². The van der Waals surface area contributed by atoms with Gasteiger partial charge in [-0.25, -0.2) is 0 Å². The van der Waals surface area contributed by atoms with E-state index in [0.717, 1.165) is 6.07 Å². The zero-order chi connectivity index (χ0) is 14.3. The van der Waals surface area contributed by atoms with Crippen LogP contribution in [0.4, 0.5) is 0 Å². The van der Waals surface area contributed by atoms with Gasteiger partial charge in [-0.2, -0.15) is 0 Å². The lowest BCUT2D eigenvalue weighted by Gasteiger charge is -2.26. The van der Waals surface area contributed by atoms with Crippen molar-refractivity contribution >= 4 is 5.78 Å². The quantitative estimate of drug-likeness (QED) is 0.546. The number of phenols is 3. The van der Waals surface area contributed by atoms with E-state index in [9.17, 15) is 20.1 Å². The van der Waals surface area contributed by atoms with Crippen molar-refractivity contribution in [2.24, 2.45) is 0 Å². The Balaban J connectivity index is 2.08. The number of rotatable bonds is 1. The van der Waals surface area contributed by atoms with Crippen LogP contribution in [0.25, 0.3) is 0 Å². The molecule has 2 aromatic rings. The summed E-state index contributed by atoms with van der Waals surface area (Å²) in [6.45, 7) is 0. The highest BCUT2D eigenvalue weighted by molar-refractivity contribution is 5.90. The molecule has 0 saturated heterocycles. The fourth-order valence-electron chi connectivity index (χ4n) is 2.29. The van der Waals surface area contributed by atoms with Gasteiger partial charge in [-0.3, -0.25) is 4.79 Å². The highest BCUT2D eigenvalue weighted by Gasteiger charge is 2.33. The maximum absolute atomic E-state index is 12.1. The van der Waals surface area contributed by atoms with Crippen molar-refractivity contribution < 1.29 is 24.9 Å². The third kappa shape index (κ3) is 1.84. The van der Waals surface area contributed by atoms with Crippen molar-refractivity contribution in [3.8, 4) is 23.0 Å². The molecule has 1 heterocycles. The summed E-state index contributed by atoms with van der Waals surface area (Å²) in [6, 6.07) is 9.86. The summed E-state index contributed by atoms with van der Waals surface area (Å²) in [4.78, 5) is 12.1. The van der Waals surface area contributed by atoms with Gasteiger partial charge in [0.2, 0.25) is 5.75 Å². The fourth-order valence-corrected chi connectivity index (χ4v) is 2.29. The Labute approximate surface area is 114 Å². The van der Waals surface area contributed by atoms with E-state index in [2.05, 4.69) is 0 Å². The third-order valence-corrected chi connectivity index (χ3v) is 3.30. The van der Waals surface area contributed by atoms with E-state index in [0.29, 0.717) is 5.56 Å². The smallest absolute Gasteiger partial charge is 0.201 e. The van der Waals surface area contributed by atoms with E-state index >= 15 is 0 Å². The molecule has 3 N–H and O–H groups in total. The molecule has 0 amide bonds. The minimum Gasteiger partial charge on any atom is -0.507 e. The molecule has 5 nitrogen and oxygen atoms in total. The SMILES string of the molecule is O=C1Cc2c(O)cc(O)c(O)c2O[C@H]1c1ccccc1. The number of hydrogen-bond acceptors (Lipinski definition) is 5. The fraction of sp³-hybridized carbons (Fsp3) is 0.133. The van der Waals surface area contributed by atoms with Gasteiger partial charge in [-0.05, 0) is 5.56 Å². The summed E-state index contributed by atoms with van der Waals surface area (Å²) in [5.74, 6) is -1.48. The summed E-state index contributed by atoms with van der Waals surface area (Å²) in [6.07, 6.45) is -0.912. The van der Waals surface area contributed by atoms with E-state index in [1.54, 1.807) is 24.3 Å². The van der Waals surface area contributed by atoms with E-state index in [-0.39, 0.29) is 29.3 Å². The monoisotopic (exact) mass is 272 g/mol. The second-order valence-electron chi connectivity index (χ2n) is 4.62. The normalized spacial score (nSPS) is 17.4. The molecule has 102 valence electrons. The maximum Gasteiger partial charge on any atom is 0.201 e. The van der Waals surface area contributed by atoms with Gasteiger partial charge in [0.05, 0.1) is 0 Å². The summed E-state index contributed by atoms with van der Waals surface area (Å²) >= 11 is 0. The van der Waals surface area contributed by atoms with Crippen LogP contribution in [0.15, 0.2) is 36.4 Å². The van der Waals surface area contributed by atoms with Crippen LogP contribution in [-0.2, 0) is 11.2 Å². The van der Waals surface area contributed by atoms with Gasteiger partial charge in [0, 0.05) is 18.1 Å². The number of carbonyl (C=O) groups is 1. The number of phenolic OH excluding ortho intramolecular Hbond substituents is 3. The van der Waals surface area contributed by atoms with E-state index in [4.69, 9.17) is 4.74 Å². The summed E-state index contributed by atoms with van der Waals surface area (Å²) in [5, 5.41) is 29.1. The van der Waals surface area contributed by atoms with E-state index in [1.165, 1.54) is 0 Å². The van der Waals surface area contributed by atoms with Gasteiger partial charge in [0.25, 0.3) is 0 Å². The molecule has 0 saturated carbocycles. The molecule has 0 radical (unpaired) electrons. The predicted octanol–water partition coefficient (Wildman–Crippen LogP) is 2.05. The Morgan fingerprint density at radius 2 is 1.75 bits per heavy atom. The molecule has 0 unspecified atom stereocenters. The second kappa shape index (κ2) is 4.45. The summed E-state index contributed by atoms with van der Waals surface area (Å²) < 4.78 is 5.50. The Morgan fingerprint density at radius 3 is 2.45 bits per heavy atom. The number of ketones is 1. The average molecular weight is 272 g/mol. The summed E-state index contributed by atoms with van der Waals surface area (Å²) in [5.41, 5.74) is 0.850. The van der Waals surface area contributed by atoms with Crippen LogP contribution in [0.5, 0.6) is 23.0 Å². The van der Waals surface area contributed by atoms with Gasteiger partial charge in [0.1, 0.15) is 5.75 Å². The predicted molar refractivity (Wildman–Crippen MR) is 70.0 cm³/mol. The van der Waals surface area contributed by atoms with Crippen molar-refractivity contribution in [2.45, 2.75) is 12.5 Å². The maximum atomic E-state index is 12.1. The zero-order valence-electron chi connectivity index (χ0n) is 10.4. The van der Waals surface area contributed by atoms with E-state index < -0.39 is 17.6 Å². The van der Waals surface area contributed by atoms with Crippen LogP contribution in [0, 0.1) is 0 Å². The minimum atomic E-state index is -0.851. The lowest BCUT2D eigenvalue weighted by Crippen LogP contribution is -2.25. The molecular formula is C15H12O5. The molecule has 2 aromatic carbocycles. The molecule has 0 aromatic heterocycles. The first kappa shape index (κ1) is 12.3. The first-order valence-electron chi connectivity index (χ1n) is 6.09. The molecule has 0 spiro atoms. The molecule has 3 rings (SSSR count). The van der Waals surface area contributed by atoms with Gasteiger partial charge in [-0.15, -0.1) is 0 Å². The van der Waals surface area contributed by atoms with Gasteiger partial charge in [0.15, 0.2) is 23.4 Å². The lowest BCUT2D eigenvalue weighted by molar-refractivity contribution is -0.126. The van der Waals surface area contributed by atoms with Gasteiger partial charge in [-0.1, -0.05) is 30.3 Å². The van der Waals surface area contributed by atoms with Crippen LogP contribution >= 0.6 is 0 Å². The van der Waals surface area contributed by atoms with Crippen molar-refractivity contribution in [1.82, 2.24) is 0 Å². The molecule has 0 aliphatic carbocycles. The topological polar surface area (TPSA) is 87.0 Å². The molecule has 1 atom stereocenters. The van der Waals surface area contributed by atoms with Crippen molar-refractivity contribution in [3.63, 3.8) is 0 Å². The third-order valence-electron chi connectivity index (χ3n) is 3.30. The van der Waals surface area contributed by atoms with Crippen LogP contribution in [0.1, 0.15) is 17.2 Å². The summed E-state index contributed by atoms with van der Waals surface area (Å²) in [7, 11) is 0. The number of ether oxygens (including phenoxy) is 1. The first-order chi connectivity index (χ1) is 9.58. The van der Waals surface area contributed by atoms with Crippen LogP contribution in [0.2, 0.25) is 0 Å². The Hall–Kier alpha value is -2.69. The number of hydrogen-bond donors (Lipinski definition) is 3. The first-order valence-corrected chi connectivity index (χ1v) is 6.09. The average Bonchev–Trinajstić information content (AvgIpc) is 2.45. The highest BCUT2D eigenvalue weighted by atomic mass is 16.5. The number of carbonyl (C=O) groups excluding carboxylic acids is 1. The largest absolute Gasteiger partial charge is 0.507 e. The highest BCUT2D eigenvalue weighted by Crippen LogP contribution is 2.48. The van der Waals surface area contributed by atoms with E-state index in [1.807, 2.05) is 6.07 Å². The Bertz CT molecular complexity index is 678. The van der Waals surface area contributed by atoms with Crippen LogP contribution < -0.4 is 4.74 Å². The molecule has 1 aliphatic rings. The molecule has 5 heteroatoms. The molecule has 20 heavy (non-hydrogen) atoms. The standard InChI is InChI=1S/C15H12O5/c16-10-7-11(17)13(19)15-9(10)6-12(18)14(20-15)8-4-2-1-3-5-8/h1-5,7,14,16-17,19H,6H2/t14-/m0/s1. The van der Waals surface area contributed by atoms with Crippen LogP contribution in [-0.4, -0.2) is 21.1 Å². The van der Waals surface area contributed by atoms with Crippen molar-refractivity contribution in [1.29, 1.82) is 0 Å². The Kier molecular flexibility index (Phi) is 2.75. The number of aromatic hydroxyl groups is 3. The molecular weight excluding hydrogens is 260 g/mol. The number of fused-ring (bicyclic) bond motifs is 1. The number of benzene rings is 2. The molecule has 0 bridgehead atoms. The van der Waals surface area contributed by atoms with Crippen molar-refractivity contribution in [3.05, 3.63) is 47.5 Å². The number of Topliss-reactive ketones (excluding diaryl/α,β-unsaturated/α-hetero) is 1. The Morgan fingerprint density at radius 1 is 1.05 bits per heavy atom. The van der Waals surface area contributed by atoms with Crippen LogP contribution in [0.3, 0.4) is 0 Å². The van der Waals surface area contributed by atoms with Gasteiger partial charge >= 0.3 is 0 Å². The lowest BCUT2D eigenvalue weighted by atomic mass is 9.95. The zero-order valence-corrected chi connectivity index (χ0v) is 10.4. The molecule has 1 aliphatic heterocycles. The molecule has 0 fully saturated rings.